The van der Waals surface area contributed by atoms with Crippen molar-refractivity contribution < 1.29 is 19.1 Å². The molecule has 0 unspecified atom stereocenters. The topological polar surface area (TPSA) is 92.4 Å². The summed E-state index contributed by atoms with van der Waals surface area (Å²) < 4.78 is 5.69. The number of carbonyl (C=O) groups is 2. The highest BCUT2D eigenvalue weighted by molar-refractivity contribution is 6.33. The second kappa shape index (κ2) is 8.36. The van der Waals surface area contributed by atoms with Gasteiger partial charge in [0.25, 0.3) is 0 Å². The molecule has 2 N–H and O–H groups in total. The van der Waals surface area contributed by atoms with Crippen LogP contribution in [0.4, 0.5) is 0 Å². The highest BCUT2D eigenvalue weighted by atomic mass is 35.5. The Labute approximate surface area is 156 Å². The summed E-state index contributed by atoms with van der Waals surface area (Å²) in [5.74, 6) is -0.0179. The van der Waals surface area contributed by atoms with Crippen molar-refractivity contribution in [2.75, 3.05) is 0 Å². The van der Waals surface area contributed by atoms with Crippen molar-refractivity contribution in [3.63, 3.8) is 0 Å². The van der Waals surface area contributed by atoms with Gasteiger partial charge in [-0.25, -0.2) is 4.98 Å². The first kappa shape index (κ1) is 18.5. The molecule has 0 bridgehead atoms. The molecule has 1 fully saturated rings. The SMILES string of the molecule is O=C(CCc1ncc(-c2ccccc2Cl)o1)NC1CCC(C(=O)O)CC1. The van der Waals surface area contributed by atoms with E-state index in [0.29, 0.717) is 48.8 Å². The standard InChI is InChI=1S/C19H21ClN2O4/c20-15-4-2-1-3-14(15)16-11-21-18(26-16)10-9-17(23)22-13-7-5-12(6-8-13)19(24)25/h1-4,11-13H,5-10H2,(H,22,23)(H,24,25). The second-order valence-corrected chi connectivity index (χ2v) is 6.96. The van der Waals surface area contributed by atoms with Gasteiger partial charge in [0.1, 0.15) is 0 Å². The molecular weight excluding hydrogens is 356 g/mol. The van der Waals surface area contributed by atoms with Crippen LogP contribution in [0.3, 0.4) is 0 Å². The van der Waals surface area contributed by atoms with Gasteiger partial charge in [0.05, 0.1) is 17.1 Å². The number of oxazole rings is 1. The molecule has 7 heteroatoms. The van der Waals surface area contributed by atoms with Crippen molar-refractivity contribution in [2.45, 2.75) is 44.6 Å². The lowest BCUT2D eigenvalue weighted by Gasteiger charge is -2.26. The van der Waals surface area contributed by atoms with Crippen LogP contribution in [0.1, 0.15) is 38.0 Å². The average molecular weight is 377 g/mol. The number of hydrogen-bond donors (Lipinski definition) is 2. The number of nitrogens with one attached hydrogen (secondary N) is 1. The van der Waals surface area contributed by atoms with E-state index in [1.807, 2.05) is 18.2 Å². The van der Waals surface area contributed by atoms with E-state index in [-0.39, 0.29) is 24.3 Å². The van der Waals surface area contributed by atoms with Gasteiger partial charge in [0.15, 0.2) is 11.7 Å². The Morgan fingerprint density at radius 3 is 2.65 bits per heavy atom. The number of carbonyl (C=O) groups excluding carboxylic acids is 1. The van der Waals surface area contributed by atoms with Gasteiger partial charge in [-0.15, -0.1) is 0 Å². The maximum Gasteiger partial charge on any atom is 0.306 e. The predicted octanol–water partition coefficient (Wildman–Crippen LogP) is 3.69. The van der Waals surface area contributed by atoms with E-state index < -0.39 is 5.97 Å². The van der Waals surface area contributed by atoms with Gasteiger partial charge in [-0.3, -0.25) is 9.59 Å². The minimum absolute atomic E-state index is 0.0568. The van der Waals surface area contributed by atoms with E-state index in [4.69, 9.17) is 21.1 Å². The van der Waals surface area contributed by atoms with Crippen LogP contribution in [-0.4, -0.2) is 28.0 Å². The van der Waals surface area contributed by atoms with Gasteiger partial charge >= 0.3 is 5.97 Å². The third-order valence-electron chi connectivity index (χ3n) is 4.70. The molecular formula is C19H21ClN2O4. The Kier molecular flexibility index (Phi) is 5.93. The first-order valence-electron chi connectivity index (χ1n) is 8.74. The van der Waals surface area contributed by atoms with Crippen LogP contribution in [0.15, 0.2) is 34.9 Å². The lowest BCUT2D eigenvalue weighted by molar-refractivity contribution is -0.142. The largest absolute Gasteiger partial charge is 0.481 e. The molecule has 1 aliphatic rings. The zero-order valence-corrected chi connectivity index (χ0v) is 15.0. The van der Waals surface area contributed by atoms with Crippen molar-refractivity contribution >= 4 is 23.5 Å². The minimum atomic E-state index is -0.743. The quantitative estimate of drug-likeness (QED) is 0.802. The van der Waals surface area contributed by atoms with Gasteiger partial charge in [0.2, 0.25) is 5.91 Å². The fourth-order valence-electron chi connectivity index (χ4n) is 3.22. The van der Waals surface area contributed by atoms with Gasteiger partial charge in [-0.05, 0) is 37.8 Å². The Bertz CT molecular complexity index is 781. The van der Waals surface area contributed by atoms with Crippen LogP contribution < -0.4 is 5.32 Å². The predicted molar refractivity (Wildman–Crippen MR) is 96.8 cm³/mol. The lowest BCUT2D eigenvalue weighted by Crippen LogP contribution is -2.38. The minimum Gasteiger partial charge on any atom is -0.481 e. The number of aryl methyl sites for hydroxylation is 1. The van der Waals surface area contributed by atoms with E-state index in [2.05, 4.69) is 10.3 Å². The number of carboxylic acids is 1. The number of hydrogen-bond acceptors (Lipinski definition) is 4. The number of amides is 1. The molecule has 1 aromatic carbocycles. The van der Waals surface area contributed by atoms with Crippen LogP contribution in [0.25, 0.3) is 11.3 Å². The number of carboxylic acid groups (broad SMARTS) is 1. The number of halogens is 1. The molecule has 0 spiro atoms. The molecule has 1 heterocycles. The smallest absolute Gasteiger partial charge is 0.306 e. The fourth-order valence-corrected chi connectivity index (χ4v) is 3.45. The lowest BCUT2D eigenvalue weighted by atomic mass is 9.86. The van der Waals surface area contributed by atoms with Gasteiger partial charge in [-0.1, -0.05) is 23.7 Å². The molecule has 1 aromatic heterocycles. The van der Waals surface area contributed by atoms with E-state index in [1.54, 1.807) is 12.3 Å². The molecule has 138 valence electrons. The summed E-state index contributed by atoms with van der Waals surface area (Å²) in [7, 11) is 0. The van der Waals surface area contributed by atoms with E-state index in [9.17, 15) is 9.59 Å². The highest BCUT2D eigenvalue weighted by Crippen LogP contribution is 2.28. The normalized spacial score (nSPS) is 19.9. The van der Waals surface area contributed by atoms with Crippen molar-refractivity contribution in [1.29, 1.82) is 0 Å². The molecule has 1 saturated carbocycles. The number of aliphatic carboxylic acids is 1. The molecule has 26 heavy (non-hydrogen) atoms. The maximum absolute atomic E-state index is 12.1. The monoisotopic (exact) mass is 376 g/mol. The second-order valence-electron chi connectivity index (χ2n) is 6.55. The van der Waals surface area contributed by atoms with E-state index >= 15 is 0 Å². The molecule has 1 aliphatic carbocycles. The molecule has 0 aliphatic heterocycles. The van der Waals surface area contributed by atoms with Crippen LogP contribution >= 0.6 is 11.6 Å². The molecule has 3 rings (SSSR count). The van der Waals surface area contributed by atoms with Crippen LogP contribution in [0.5, 0.6) is 0 Å². The summed E-state index contributed by atoms with van der Waals surface area (Å²) in [6.07, 6.45) is 4.93. The fraction of sp³-hybridized carbons (Fsp3) is 0.421. The highest BCUT2D eigenvalue weighted by Gasteiger charge is 2.26. The van der Waals surface area contributed by atoms with E-state index in [1.165, 1.54) is 0 Å². The van der Waals surface area contributed by atoms with Crippen molar-refractivity contribution in [3.05, 3.63) is 41.4 Å². The summed E-state index contributed by atoms with van der Waals surface area (Å²) in [6.45, 7) is 0. The number of rotatable bonds is 6. The van der Waals surface area contributed by atoms with Crippen molar-refractivity contribution in [2.24, 2.45) is 5.92 Å². The molecule has 0 saturated heterocycles. The molecule has 0 radical (unpaired) electrons. The Hall–Kier alpha value is -2.34. The molecule has 6 nitrogen and oxygen atoms in total. The summed E-state index contributed by atoms with van der Waals surface area (Å²) in [5.41, 5.74) is 0.771. The summed E-state index contributed by atoms with van der Waals surface area (Å²) in [6, 6.07) is 7.41. The zero-order chi connectivity index (χ0) is 18.5. The maximum atomic E-state index is 12.1. The summed E-state index contributed by atoms with van der Waals surface area (Å²) in [4.78, 5) is 27.3. The average Bonchev–Trinajstić information content (AvgIpc) is 3.09. The third-order valence-corrected chi connectivity index (χ3v) is 5.03. The number of nitrogens with zero attached hydrogens (tertiary/aromatic N) is 1. The van der Waals surface area contributed by atoms with Gasteiger partial charge < -0.3 is 14.8 Å². The summed E-state index contributed by atoms with van der Waals surface area (Å²) in [5, 5.41) is 12.6. The van der Waals surface area contributed by atoms with E-state index in [0.717, 1.165) is 5.56 Å². The zero-order valence-electron chi connectivity index (χ0n) is 14.3. The first-order chi connectivity index (χ1) is 12.5. The molecule has 1 amide bonds. The molecule has 0 atom stereocenters. The Balaban J connectivity index is 1.47. The summed E-state index contributed by atoms with van der Waals surface area (Å²) >= 11 is 6.15. The van der Waals surface area contributed by atoms with Crippen molar-refractivity contribution in [3.8, 4) is 11.3 Å². The Morgan fingerprint density at radius 2 is 1.96 bits per heavy atom. The van der Waals surface area contributed by atoms with Crippen molar-refractivity contribution in [1.82, 2.24) is 10.3 Å². The third kappa shape index (κ3) is 4.64. The van der Waals surface area contributed by atoms with Crippen LogP contribution in [-0.2, 0) is 16.0 Å². The number of aromatic nitrogens is 1. The number of benzene rings is 1. The Morgan fingerprint density at radius 1 is 1.23 bits per heavy atom. The van der Waals surface area contributed by atoms with Crippen LogP contribution in [0.2, 0.25) is 5.02 Å². The molecule has 2 aromatic rings. The first-order valence-corrected chi connectivity index (χ1v) is 9.12. The van der Waals surface area contributed by atoms with Gasteiger partial charge in [0, 0.05) is 24.4 Å². The van der Waals surface area contributed by atoms with Gasteiger partial charge in [-0.2, -0.15) is 0 Å². The van der Waals surface area contributed by atoms with Crippen LogP contribution in [0, 0.1) is 5.92 Å².